The molecule has 90 valence electrons. The highest BCUT2D eigenvalue weighted by atomic mass is 32.5. The normalized spacial score (nSPS) is 20.9. The van der Waals surface area contributed by atoms with E-state index in [0.29, 0.717) is 17.3 Å². The highest BCUT2D eigenvalue weighted by Crippen LogP contribution is 2.61. The number of nitrogens with zero attached hydrogens (tertiary/aromatic N) is 1. The van der Waals surface area contributed by atoms with Gasteiger partial charge in [0, 0.05) is 6.04 Å². The average molecular weight is 275 g/mol. The topological polar surface area (TPSA) is 101 Å². The molecule has 6 nitrogen and oxygen atoms in total. The maximum Gasteiger partial charge on any atom is 0.410 e. The molecule has 0 aromatic rings. The van der Waals surface area contributed by atoms with Gasteiger partial charge in [0.25, 0.3) is 6.64 Å². The van der Waals surface area contributed by atoms with Crippen molar-refractivity contribution in [3.63, 3.8) is 0 Å². The molecule has 0 amide bonds. The summed E-state index contributed by atoms with van der Waals surface area (Å²) in [6.45, 7) is -4.06. The highest BCUT2D eigenvalue weighted by Gasteiger charge is 2.42. The van der Waals surface area contributed by atoms with Gasteiger partial charge in [0.15, 0.2) is 0 Å². The van der Waals surface area contributed by atoms with E-state index >= 15 is 0 Å². The summed E-state index contributed by atoms with van der Waals surface area (Å²) in [6, 6.07) is -0.514. The molecule has 1 fully saturated rings. The molecule has 0 spiro atoms. The van der Waals surface area contributed by atoms with Crippen molar-refractivity contribution in [3.05, 3.63) is 0 Å². The van der Waals surface area contributed by atoms with E-state index in [9.17, 15) is 14.4 Å². The van der Waals surface area contributed by atoms with Crippen LogP contribution in [0.25, 0.3) is 0 Å². The summed E-state index contributed by atoms with van der Waals surface area (Å²) < 4.78 is 11.6. The first-order valence-electron chi connectivity index (χ1n) is 4.64. The van der Waals surface area contributed by atoms with Crippen molar-refractivity contribution >= 4 is 26.2 Å². The van der Waals surface area contributed by atoms with Gasteiger partial charge in [0.2, 0.25) is 0 Å². The first-order valence-corrected chi connectivity index (χ1v) is 8.87. The van der Waals surface area contributed by atoms with Gasteiger partial charge in [-0.05, 0) is 24.6 Å². The second-order valence-electron chi connectivity index (χ2n) is 3.64. The van der Waals surface area contributed by atoms with E-state index in [1.54, 1.807) is 0 Å². The van der Waals surface area contributed by atoms with Crippen molar-refractivity contribution in [3.8, 4) is 0 Å². The molecule has 0 heterocycles. The van der Waals surface area contributed by atoms with E-state index < -0.39 is 20.4 Å². The third-order valence-corrected chi connectivity index (χ3v) is 6.49. The third-order valence-electron chi connectivity index (χ3n) is 2.44. The maximum absolute atomic E-state index is 11.1. The quantitative estimate of drug-likeness (QED) is 0.568. The van der Waals surface area contributed by atoms with Crippen molar-refractivity contribution in [1.29, 1.82) is 0 Å². The molecular weight excluding hydrogens is 260 g/mol. The standard InChI is InChI=1S/C6H15NO5P2S/c8-13(9,10)7(14(11,12)15)6-4-2-1-3-5-6/h6H,1-5H2,(H2,8,9,10)(H2,11,12,15). The molecule has 4 N–H and O–H groups in total. The molecule has 0 aromatic heterocycles. The van der Waals surface area contributed by atoms with Crippen LogP contribution >= 0.6 is 14.4 Å². The molecule has 1 saturated carbocycles. The second-order valence-corrected chi connectivity index (χ2v) is 8.34. The summed E-state index contributed by atoms with van der Waals surface area (Å²) in [5, 5.41) is 0. The third kappa shape index (κ3) is 3.88. The van der Waals surface area contributed by atoms with E-state index in [2.05, 4.69) is 11.8 Å². The van der Waals surface area contributed by atoms with Crippen LogP contribution in [0.3, 0.4) is 0 Å². The van der Waals surface area contributed by atoms with Crippen LogP contribution in [-0.4, -0.2) is 30.1 Å². The Balaban J connectivity index is 2.91. The Hall–Kier alpha value is 0.680. The molecule has 15 heavy (non-hydrogen) atoms. The van der Waals surface area contributed by atoms with Crippen LogP contribution in [0.15, 0.2) is 0 Å². The summed E-state index contributed by atoms with van der Waals surface area (Å²) in [4.78, 5) is 36.6. The van der Waals surface area contributed by atoms with Gasteiger partial charge in [-0.25, -0.2) is 4.57 Å². The predicted octanol–water partition coefficient (Wildman–Crippen LogP) is 0.923. The lowest BCUT2D eigenvalue weighted by Crippen LogP contribution is -2.31. The molecule has 1 rings (SSSR count). The van der Waals surface area contributed by atoms with Crippen molar-refractivity contribution in [1.82, 2.24) is 4.44 Å². The van der Waals surface area contributed by atoms with Gasteiger partial charge in [0.1, 0.15) is 0 Å². The molecule has 0 aromatic carbocycles. The van der Waals surface area contributed by atoms with Crippen LogP contribution in [0, 0.1) is 0 Å². The Bertz CT molecular complexity index is 285. The van der Waals surface area contributed by atoms with E-state index in [1.165, 1.54) is 0 Å². The van der Waals surface area contributed by atoms with Gasteiger partial charge in [-0.2, -0.15) is 0 Å². The van der Waals surface area contributed by atoms with Crippen molar-refractivity contribution in [2.45, 2.75) is 38.1 Å². The van der Waals surface area contributed by atoms with Gasteiger partial charge in [-0.15, -0.1) is 4.44 Å². The van der Waals surface area contributed by atoms with E-state index in [0.717, 1.165) is 19.3 Å². The molecule has 0 radical (unpaired) electrons. The molecule has 9 heteroatoms. The van der Waals surface area contributed by atoms with Gasteiger partial charge in [0.05, 0.1) is 0 Å². The van der Waals surface area contributed by atoms with Crippen molar-refractivity contribution in [2.24, 2.45) is 0 Å². The highest BCUT2D eigenvalue weighted by molar-refractivity contribution is 8.09. The zero-order chi connectivity index (χ0) is 11.7. The fourth-order valence-electron chi connectivity index (χ4n) is 1.89. The largest absolute Gasteiger partial charge is 0.410 e. The van der Waals surface area contributed by atoms with E-state index in [-0.39, 0.29) is 0 Å². The fraction of sp³-hybridized carbons (Fsp3) is 1.00. The van der Waals surface area contributed by atoms with Gasteiger partial charge in [-0.1, -0.05) is 19.3 Å². The lowest BCUT2D eigenvalue weighted by molar-refractivity contribution is 0.239. The first kappa shape index (κ1) is 13.7. The number of hydrogen-bond donors (Lipinski definition) is 4. The zero-order valence-electron chi connectivity index (χ0n) is 8.06. The minimum atomic E-state index is -4.69. The number of hydrogen-bond acceptors (Lipinski definition) is 2. The van der Waals surface area contributed by atoms with Crippen LogP contribution < -0.4 is 0 Å². The van der Waals surface area contributed by atoms with Crippen molar-refractivity contribution < 1.29 is 24.1 Å². The van der Waals surface area contributed by atoms with Crippen LogP contribution in [0.1, 0.15) is 32.1 Å². The van der Waals surface area contributed by atoms with Gasteiger partial charge < -0.3 is 19.6 Å². The summed E-state index contributed by atoms with van der Waals surface area (Å²) in [5.74, 6) is 0. The van der Waals surface area contributed by atoms with Crippen LogP contribution in [0.4, 0.5) is 0 Å². The molecule has 0 unspecified atom stereocenters. The zero-order valence-corrected chi connectivity index (χ0v) is 10.7. The van der Waals surface area contributed by atoms with E-state index in [4.69, 9.17) is 9.79 Å². The maximum atomic E-state index is 11.1. The van der Waals surface area contributed by atoms with Crippen molar-refractivity contribution in [2.75, 3.05) is 0 Å². The minimum Gasteiger partial charge on any atom is -0.333 e. The Morgan fingerprint density at radius 2 is 1.53 bits per heavy atom. The van der Waals surface area contributed by atoms with E-state index in [1.807, 2.05) is 0 Å². The Kier molecular flexibility index (Phi) is 4.49. The molecular formula is C6H15NO5P2S. The summed E-state index contributed by atoms with van der Waals surface area (Å²) in [7, 11) is -4.69. The average Bonchev–Trinajstić information content (AvgIpc) is 2.00. The smallest absolute Gasteiger partial charge is 0.333 e. The minimum absolute atomic E-state index is 0.439. The lowest BCUT2D eigenvalue weighted by Gasteiger charge is -2.35. The summed E-state index contributed by atoms with van der Waals surface area (Å²) in [6.07, 6.45) is 3.76. The Morgan fingerprint density at radius 1 is 1.07 bits per heavy atom. The SMILES string of the molecule is O=P(O)(O)N(C1CCCCC1)P(O)(O)=S. The molecule has 0 saturated heterocycles. The van der Waals surface area contributed by atoms with Crippen LogP contribution in [-0.2, 0) is 16.4 Å². The van der Waals surface area contributed by atoms with Crippen LogP contribution in [0.5, 0.6) is 0 Å². The molecule has 0 aliphatic heterocycles. The predicted molar refractivity (Wildman–Crippen MR) is 59.5 cm³/mol. The number of rotatable bonds is 3. The first-order chi connectivity index (χ1) is 6.73. The monoisotopic (exact) mass is 275 g/mol. The molecule has 0 atom stereocenters. The molecule has 0 bridgehead atoms. The summed E-state index contributed by atoms with van der Waals surface area (Å²) >= 11 is 4.39. The van der Waals surface area contributed by atoms with Gasteiger partial charge in [-0.3, -0.25) is 0 Å². The summed E-state index contributed by atoms with van der Waals surface area (Å²) in [5.41, 5.74) is 0. The van der Waals surface area contributed by atoms with Gasteiger partial charge >= 0.3 is 7.75 Å². The Morgan fingerprint density at radius 3 is 1.87 bits per heavy atom. The molecule has 1 aliphatic rings. The molecule has 1 aliphatic carbocycles. The lowest BCUT2D eigenvalue weighted by atomic mass is 9.96. The second kappa shape index (κ2) is 4.90. The Labute approximate surface area is 93.4 Å². The van der Waals surface area contributed by atoms with Crippen LogP contribution in [0.2, 0.25) is 0 Å². The fourth-order valence-corrected chi connectivity index (χ4v) is 5.67.